The van der Waals surface area contributed by atoms with Gasteiger partial charge in [-0.25, -0.2) is 9.31 Å². The number of carboxylic acid groups (broad SMARTS) is 1. The summed E-state index contributed by atoms with van der Waals surface area (Å²) >= 11 is 2.71. The Hall–Kier alpha value is -1.73. The molecule has 0 saturated carbocycles. The second-order valence-corrected chi connectivity index (χ2v) is 5.35. The van der Waals surface area contributed by atoms with E-state index in [-0.39, 0.29) is 4.88 Å². The molecular weight excluding hydrogens is 258 g/mol. The van der Waals surface area contributed by atoms with Gasteiger partial charge in [0, 0.05) is 0 Å². The molecule has 0 saturated heterocycles. The lowest BCUT2D eigenvalue weighted by Crippen LogP contribution is -1.97. The van der Waals surface area contributed by atoms with Crippen molar-refractivity contribution < 1.29 is 9.90 Å². The van der Waals surface area contributed by atoms with E-state index in [1.807, 2.05) is 17.5 Å². The highest BCUT2D eigenvalue weighted by Gasteiger charge is 2.18. The highest BCUT2D eigenvalue weighted by molar-refractivity contribution is 7.19. The number of hydrogen-bond acceptors (Lipinski definition) is 5. The Bertz CT molecular complexity index is 697. The van der Waals surface area contributed by atoms with Crippen molar-refractivity contribution in [2.45, 2.75) is 6.92 Å². The molecule has 0 atom stereocenters. The lowest BCUT2D eigenvalue weighted by Gasteiger charge is -1.90. The van der Waals surface area contributed by atoms with Gasteiger partial charge in [0.25, 0.3) is 0 Å². The van der Waals surface area contributed by atoms with Crippen molar-refractivity contribution in [3.8, 4) is 10.7 Å². The molecule has 0 radical (unpaired) electrons. The van der Waals surface area contributed by atoms with E-state index in [4.69, 9.17) is 5.11 Å². The van der Waals surface area contributed by atoms with Crippen LogP contribution in [0.3, 0.4) is 0 Å². The summed E-state index contributed by atoms with van der Waals surface area (Å²) in [6.45, 7) is 1.74. The van der Waals surface area contributed by atoms with Crippen LogP contribution in [0.25, 0.3) is 15.7 Å². The van der Waals surface area contributed by atoms with Gasteiger partial charge in [0.15, 0.2) is 5.82 Å². The number of rotatable bonds is 2. The van der Waals surface area contributed by atoms with Gasteiger partial charge >= 0.3 is 5.97 Å². The molecule has 0 unspecified atom stereocenters. The first-order valence-corrected chi connectivity index (χ1v) is 6.50. The minimum atomic E-state index is -0.933. The number of carbonyl (C=O) groups is 1. The molecule has 0 spiro atoms. The monoisotopic (exact) mass is 265 g/mol. The number of carboxylic acids is 1. The maximum absolute atomic E-state index is 10.9. The lowest BCUT2D eigenvalue weighted by atomic mass is 10.4. The third-order valence-corrected chi connectivity index (χ3v) is 4.34. The van der Waals surface area contributed by atoms with E-state index in [0.717, 1.165) is 16.2 Å². The summed E-state index contributed by atoms with van der Waals surface area (Å²) in [7, 11) is 0. The second-order valence-electron chi connectivity index (χ2n) is 3.43. The molecule has 86 valence electrons. The highest BCUT2D eigenvalue weighted by atomic mass is 32.1. The molecule has 7 heteroatoms. The molecule has 3 aromatic rings. The average molecular weight is 265 g/mol. The standard InChI is InChI=1S/C10H7N3O2S2/c1-5-7(9(14)15)17-10-11-8(12-13(5)10)6-3-2-4-16-6/h2-4H,1H3,(H,14,15). The second kappa shape index (κ2) is 3.64. The summed E-state index contributed by atoms with van der Waals surface area (Å²) in [5, 5.41) is 15.3. The number of fused-ring (bicyclic) bond motifs is 1. The first kappa shape index (κ1) is 10.4. The Morgan fingerprint density at radius 3 is 2.94 bits per heavy atom. The van der Waals surface area contributed by atoms with Gasteiger partial charge in [0.2, 0.25) is 4.96 Å². The van der Waals surface area contributed by atoms with E-state index in [9.17, 15) is 4.79 Å². The van der Waals surface area contributed by atoms with E-state index in [2.05, 4.69) is 10.1 Å². The zero-order valence-electron chi connectivity index (χ0n) is 8.75. The number of hydrogen-bond donors (Lipinski definition) is 1. The van der Waals surface area contributed by atoms with Crippen molar-refractivity contribution in [2.75, 3.05) is 0 Å². The fourth-order valence-electron chi connectivity index (χ4n) is 1.55. The zero-order chi connectivity index (χ0) is 12.0. The molecule has 0 fully saturated rings. The molecule has 0 amide bonds. The largest absolute Gasteiger partial charge is 0.477 e. The quantitative estimate of drug-likeness (QED) is 0.773. The van der Waals surface area contributed by atoms with Gasteiger partial charge < -0.3 is 5.11 Å². The molecule has 0 aromatic carbocycles. The van der Waals surface area contributed by atoms with Gasteiger partial charge in [-0.05, 0) is 18.4 Å². The number of thiazole rings is 1. The van der Waals surface area contributed by atoms with Crippen LogP contribution in [0.15, 0.2) is 17.5 Å². The van der Waals surface area contributed by atoms with E-state index < -0.39 is 5.97 Å². The maximum Gasteiger partial charge on any atom is 0.347 e. The van der Waals surface area contributed by atoms with Crippen molar-refractivity contribution in [1.82, 2.24) is 14.6 Å². The molecule has 1 N–H and O–H groups in total. The number of aryl methyl sites for hydroxylation is 1. The number of thiophene rings is 1. The molecule has 3 rings (SSSR count). The molecule has 0 aliphatic carbocycles. The summed E-state index contributed by atoms with van der Waals surface area (Å²) in [6, 6.07) is 3.88. The molecule has 0 bridgehead atoms. The average Bonchev–Trinajstić information content (AvgIpc) is 2.94. The minimum absolute atomic E-state index is 0.290. The first-order valence-electron chi connectivity index (χ1n) is 4.80. The van der Waals surface area contributed by atoms with Crippen LogP contribution in [0.4, 0.5) is 0 Å². The first-order chi connectivity index (χ1) is 8.16. The van der Waals surface area contributed by atoms with Crippen LogP contribution in [-0.2, 0) is 0 Å². The van der Waals surface area contributed by atoms with Crippen LogP contribution in [-0.4, -0.2) is 25.7 Å². The van der Waals surface area contributed by atoms with Crippen molar-refractivity contribution in [3.05, 3.63) is 28.1 Å². The van der Waals surface area contributed by atoms with Crippen LogP contribution in [0, 0.1) is 6.92 Å². The third kappa shape index (κ3) is 1.55. The van der Waals surface area contributed by atoms with Crippen molar-refractivity contribution >= 4 is 33.6 Å². The van der Waals surface area contributed by atoms with Crippen LogP contribution in [0.2, 0.25) is 0 Å². The van der Waals surface area contributed by atoms with Gasteiger partial charge in [0.1, 0.15) is 4.88 Å². The fraction of sp³-hybridized carbons (Fsp3) is 0.100. The van der Waals surface area contributed by atoms with Gasteiger partial charge in [-0.3, -0.25) is 0 Å². The van der Waals surface area contributed by atoms with Gasteiger partial charge in [-0.15, -0.1) is 16.4 Å². The van der Waals surface area contributed by atoms with Gasteiger partial charge in [-0.2, -0.15) is 4.98 Å². The van der Waals surface area contributed by atoms with Crippen molar-refractivity contribution in [3.63, 3.8) is 0 Å². The molecule has 5 nitrogen and oxygen atoms in total. The van der Waals surface area contributed by atoms with E-state index in [0.29, 0.717) is 16.5 Å². The van der Waals surface area contributed by atoms with Crippen molar-refractivity contribution in [2.24, 2.45) is 0 Å². The molecular formula is C10H7N3O2S2. The molecule has 3 heterocycles. The highest BCUT2D eigenvalue weighted by Crippen LogP contribution is 2.26. The molecule has 17 heavy (non-hydrogen) atoms. The summed E-state index contributed by atoms with van der Waals surface area (Å²) in [4.78, 5) is 17.2. The minimum Gasteiger partial charge on any atom is -0.477 e. The molecule has 0 aliphatic rings. The Morgan fingerprint density at radius 2 is 2.35 bits per heavy atom. The summed E-state index contributed by atoms with van der Waals surface area (Å²) < 4.78 is 1.59. The summed E-state index contributed by atoms with van der Waals surface area (Å²) in [5.74, 6) is -0.288. The maximum atomic E-state index is 10.9. The molecule has 0 aliphatic heterocycles. The fourth-order valence-corrected chi connectivity index (χ4v) is 3.11. The Kier molecular flexibility index (Phi) is 2.23. The topological polar surface area (TPSA) is 67.5 Å². The normalized spacial score (nSPS) is 11.1. The van der Waals surface area contributed by atoms with Gasteiger partial charge in [-0.1, -0.05) is 17.4 Å². The lowest BCUT2D eigenvalue weighted by molar-refractivity contribution is 0.0701. The van der Waals surface area contributed by atoms with Crippen molar-refractivity contribution in [1.29, 1.82) is 0 Å². The van der Waals surface area contributed by atoms with Crippen LogP contribution in [0.1, 0.15) is 15.4 Å². The predicted octanol–water partition coefficient (Wildman–Crippen LogP) is 2.53. The van der Waals surface area contributed by atoms with Crippen LogP contribution >= 0.6 is 22.7 Å². The Labute approximate surface area is 104 Å². The Morgan fingerprint density at radius 1 is 1.53 bits per heavy atom. The number of nitrogens with zero attached hydrogens (tertiary/aromatic N) is 3. The smallest absolute Gasteiger partial charge is 0.347 e. The third-order valence-electron chi connectivity index (χ3n) is 2.35. The summed E-state index contributed by atoms with van der Waals surface area (Å²) in [5.41, 5.74) is 0.618. The SMILES string of the molecule is Cc1c(C(=O)O)sc2nc(-c3cccs3)nn12. The Balaban J connectivity index is 2.19. The van der Waals surface area contributed by atoms with E-state index in [1.54, 1.807) is 22.8 Å². The summed E-state index contributed by atoms with van der Waals surface area (Å²) in [6.07, 6.45) is 0. The van der Waals surface area contributed by atoms with E-state index >= 15 is 0 Å². The van der Waals surface area contributed by atoms with Crippen LogP contribution < -0.4 is 0 Å². The predicted molar refractivity (Wildman–Crippen MR) is 65.9 cm³/mol. The number of aromatic carboxylic acids is 1. The molecule has 3 aromatic heterocycles. The van der Waals surface area contributed by atoms with Crippen LogP contribution in [0.5, 0.6) is 0 Å². The van der Waals surface area contributed by atoms with Gasteiger partial charge in [0.05, 0.1) is 10.6 Å². The van der Waals surface area contributed by atoms with E-state index in [1.165, 1.54) is 0 Å². The zero-order valence-corrected chi connectivity index (χ0v) is 10.4. The number of aromatic nitrogens is 3.